The molecular weight excluding hydrogens is 317 g/mol. The largest absolute Gasteiger partial charge is 0.387 e. The van der Waals surface area contributed by atoms with Gasteiger partial charge in [0.05, 0.1) is 6.10 Å². The summed E-state index contributed by atoms with van der Waals surface area (Å²) in [5.41, 5.74) is 0.0966. The second kappa shape index (κ2) is 6.71. The fourth-order valence-electron chi connectivity index (χ4n) is 1.63. The van der Waals surface area contributed by atoms with Gasteiger partial charge in [-0.2, -0.15) is 5.10 Å². The summed E-state index contributed by atoms with van der Waals surface area (Å²) in [5.74, 6) is -0.518. The van der Waals surface area contributed by atoms with Gasteiger partial charge in [-0.1, -0.05) is 29.3 Å². The second-order valence-corrected chi connectivity index (χ2v) is 5.04. The highest BCUT2D eigenvalue weighted by molar-refractivity contribution is 6.35. The Morgan fingerprint density at radius 2 is 2.10 bits per heavy atom. The van der Waals surface area contributed by atoms with E-state index in [1.54, 1.807) is 12.1 Å². The summed E-state index contributed by atoms with van der Waals surface area (Å²) in [4.78, 5) is 22.6. The molecule has 2 aromatic rings. The van der Waals surface area contributed by atoms with Crippen molar-refractivity contribution in [1.82, 2.24) is 15.5 Å². The summed E-state index contributed by atoms with van der Waals surface area (Å²) in [5, 5.41) is 19.0. The number of aromatic amines is 1. The Balaban J connectivity index is 2.00. The van der Waals surface area contributed by atoms with Crippen LogP contribution in [0.25, 0.3) is 0 Å². The summed E-state index contributed by atoms with van der Waals surface area (Å²) in [6, 6.07) is 7.16. The van der Waals surface area contributed by atoms with Gasteiger partial charge in [-0.25, -0.2) is 5.10 Å². The molecule has 0 saturated heterocycles. The second-order valence-electron chi connectivity index (χ2n) is 4.20. The van der Waals surface area contributed by atoms with E-state index in [1.807, 2.05) is 0 Å². The normalized spacial score (nSPS) is 12.0. The number of halogens is 2. The van der Waals surface area contributed by atoms with Crippen LogP contribution in [-0.4, -0.2) is 27.8 Å². The molecule has 2 rings (SSSR count). The number of nitrogens with one attached hydrogen (secondary N) is 2. The first-order valence-corrected chi connectivity index (χ1v) is 6.70. The van der Waals surface area contributed by atoms with E-state index in [2.05, 4.69) is 15.5 Å². The van der Waals surface area contributed by atoms with E-state index in [4.69, 9.17) is 23.2 Å². The summed E-state index contributed by atoms with van der Waals surface area (Å²) >= 11 is 11.7. The van der Waals surface area contributed by atoms with Crippen LogP contribution in [0.4, 0.5) is 0 Å². The van der Waals surface area contributed by atoms with E-state index >= 15 is 0 Å². The van der Waals surface area contributed by atoms with Crippen LogP contribution < -0.4 is 10.9 Å². The van der Waals surface area contributed by atoms with Gasteiger partial charge in [0.2, 0.25) is 0 Å². The number of aromatic nitrogens is 2. The lowest BCUT2D eigenvalue weighted by Gasteiger charge is -2.13. The van der Waals surface area contributed by atoms with Crippen molar-refractivity contribution in [3.05, 3.63) is 62.0 Å². The molecule has 0 aliphatic carbocycles. The zero-order valence-electron chi connectivity index (χ0n) is 10.6. The van der Waals surface area contributed by atoms with E-state index in [-0.39, 0.29) is 12.2 Å². The third-order valence-corrected chi connectivity index (χ3v) is 3.25. The standard InChI is InChI=1S/C13H11Cl2N3O3/c14-7-1-2-8(9(15)5-7)11(19)6-16-13(21)10-3-4-12(20)18-17-10/h1-5,11,19H,6H2,(H,16,21)(H,18,20). The van der Waals surface area contributed by atoms with Crippen LogP contribution in [0.15, 0.2) is 35.1 Å². The number of hydrogen-bond donors (Lipinski definition) is 3. The Labute approximate surface area is 129 Å². The number of hydrogen-bond acceptors (Lipinski definition) is 4. The fraction of sp³-hybridized carbons (Fsp3) is 0.154. The molecule has 0 aliphatic rings. The van der Waals surface area contributed by atoms with Crippen LogP contribution >= 0.6 is 23.2 Å². The van der Waals surface area contributed by atoms with Gasteiger partial charge in [0.1, 0.15) is 5.69 Å². The van der Waals surface area contributed by atoms with Crippen LogP contribution in [0.3, 0.4) is 0 Å². The smallest absolute Gasteiger partial charge is 0.271 e. The van der Waals surface area contributed by atoms with Gasteiger partial charge in [-0.15, -0.1) is 0 Å². The number of aliphatic hydroxyl groups is 1. The number of carbonyl (C=O) groups is 1. The van der Waals surface area contributed by atoms with E-state index in [1.165, 1.54) is 18.2 Å². The van der Waals surface area contributed by atoms with E-state index in [0.717, 1.165) is 0 Å². The Morgan fingerprint density at radius 1 is 1.33 bits per heavy atom. The lowest BCUT2D eigenvalue weighted by molar-refractivity contribution is 0.0910. The summed E-state index contributed by atoms with van der Waals surface area (Å²) in [6.07, 6.45) is -0.985. The molecule has 1 heterocycles. The molecule has 6 nitrogen and oxygen atoms in total. The van der Waals surface area contributed by atoms with Gasteiger partial charge in [-0.05, 0) is 18.2 Å². The minimum absolute atomic E-state index is 0.0454. The molecule has 0 bridgehead atoms. The number of benzene rings is 1. The van der Waals surface area contributed by atoms with Gasteiger partial charge in [0.15, 0.2) is 0 Å². The molecule has 1 aromatic carbocycles. The zero-order chi connectivity index (χ0) is 15.4. The molecule has 110 valence electrons. The van der Waals surface area contributed by atoms with Gasteiger partial charge in [0.25, 0.3) is 11.5 Å². The van der Waals surface area contributed by atoms with E-state index in [9.17, 15) is 14.7 Å². The minimum Gasteiger partial charge on any atom is -0.387 e. The van der Waals surface area contributed by atoms with Gasteiger partial charge in [0, 0.05) is 28.2 Å². The highest BCUT2D eigenvalue weighted by Gasteiger charge is 2.14. The van der Waals surface area contributed by atoms with Crippen molar-refractivity contribution in [3.63, 3.8) is 0 Å². The molecule has 0 spiro atoms. The molecule has 0 fully saturated rings. The van der Waals surface area contributed by atoms with Crippen molar-refractivity contribution in [2.75, 3.05) is 6.54 Å². The third kappa shape index (κ3) is 4.04. The van der Waals surface area contributed by atoms with Crippen LogP contribution in [0.2, 0.25) is 10.0 Å². The van der Waals surface area contributed by atoms with Gasteiger partial charge < -0.3 is 10.4 Å². The molecule has 21 heavy (non-hydrogen) atoms. The van der Waals surface area contributed by atoms with Crippen molar-refractivity contribution in [3.8, 4) is 0 Å². The predicted molar refractivity (Wildman–Crippen MR) is 78.6 cm³/mol. The molecule has 0 radical (unpaired) electrons. The molecule has 0 aliphatic heterocycles. The van der Waals surface area contributed by atoms with Crippen LogP contribution in [0.5, 0.6) is 0 Å². The molecule has 1 aromatic heterocycles. The number of nitrogens with zero attached hydrogens (tertiary/aromatic N) is 1. The van der Waals surface area contributed by atoms with Gasteiger partial charge in [-0.3, -0.25) is 9.59 Å². The average Bonchev–Trinajstić information content (AvgIpc) is 2.45. The van der Waals surface area contributed by atoms with Crippen LogP contribution in [-0.2, 0) is 0 Å². The Morgan fingerprint density at radius 3 is 2.71 bits per heavy atom. The SMILES string of the molecule is O=C(NCC(O)c1ccc(Cl)cc1Cl)c1ccc(=O)[nH]n1. The summed E-state index contributed by atoms with van der Waals surface area (Å²) in [7, 11) is 0. The average molecular weight is 328 g/mol. The van der Waals surface area contributed by atoms with E-state index in [0.29, 0.717) is 15.6 Å². The summed E-state index contributed by atoms with van der Waals surface area (Å²) in [6.45, 7) is -0.0546. The summed E-state index contributed by atoms with van der Waals surface area (Å²) < 4.78 is 0. The first-order chi connectivity index (χ1) is 9.97. The molecule has 8 heteroatoms. The molecule has 1 atom stereocenters. The lowest BCUT2D eigenvalue weighted by atomic mass is 10.1. The Kier molecular flexibility index (Phi) is 4.95. The number of H-pyrrole nitrogens is 1. The molecule has 0 saturated carbocycles. The lowest BCUT2D eigenvalue weighted by Crippen LogP contribution is -2.30. The van der Waals surface area contributed by atoms with Crippen molar-refractivity contribution >= 4 is 29.1 Å². The third-order valence-electron chi connectivity index (χ3n) is 2.69. The number of aliphatic hydroxyl groups excluding tert-OH is 1. The number of amides is 1. The maximum absolute atomic E-state index is 11.8. The molecule has 3 N–H and O–H groups in total. The van der Waals surface area contributed by atoms with Crippen molar-refractivity contribution < 1.29 is 9.90 Å². The Bertz CT molecular complexity index is 698. The first kappa shape index (κ1) is 15.5. The highest BCUT2D eigenvalue weighted by atomic mass is 35.5. The topological polar surface area (TPSA) is 95.1 Å². The maximum atomic E-state index is 11.8. The Hall–Kier alpha value is -1.89. The zero-order valence-corrected chi connectivity index (χ0v) is 12.1. The number of carbonyl (C=O) groups excluding carboxylic acids is 1. The molecular formula is C13H11Cl2N3O3. The van der Waals surface area contributed by atoms with Crippen molar-refractivity contribution in [2.45, 2.75) is 6.10 Å². The number of rotatable bonds is 4. The van der Waals surface area contributed by atoms with Crippen LogP contribution in [0.1, 0.15) is 22.2 Å². The minimum atomic E-state index is -0.985. The van der Waals surface area contributed by atoms with Crippen molar-refractivity contribution in [1.29, 1.82) is 0 Å². The first-order valence-electron chi connectivity index (χ1n) is 5.94. The van der Waals surface area contributed by atoms with E-state index < -0.39 is 17.6 Å². The predicted octanol–water partition coefficient (Wildman–Crippen LogP) is 1.54. The highest BCUT2D eigenvalue weighted by Crippen LogP contribution is 2.25. The van der Waals surface area contributed by atoms with Gasteiger partial charge >= 0.3 is 0 Å². The monoisotopic (exact) mass is 327 g/mol. The fourth-order valence-corrected chi connectivity index (χ4v) is 2.17. The van der Waals surface area contributed by atoms with Crippen molar-refractivity contribution in [2.24, 2.45) is 0 Å². The maximum Gasteiger partial charge on any atom is 0.271 e. The van der Waals surface area contributed by atoms with Crippen LogP contribution in [0, 0.1) is 0 Å². The quantitative estimate of drug-likeness (QED) is 0.793. The molecule has 1 amide bonds. The molecule has 1 unspecified atom stereocenters.